The van der Waals surface area contributed by atoms with Gasteiger partial charge in [0.05, 0.1) is 22.0 Å². The van der Waals surface area contributed by atoms with Crippen LogP contribution in [-0.2, 0) is 13.0 Å². The summed E-state index contributed by atoms with van der Waals surface area (Å²) in [5.74, 6) is 0.548. The van der Waals surface area contributed by atoms with E-state index in [0.717, 1.165) is 20.8 Å². The lowest BCUT2D eigenvalue weighted by Crippen LogP contribution is -2.22. The Morgan fingerprint density at radius 2 is 1.84 bits per heavy atom. The minimum Gasteiger partial charge on any atom is -0.481 e. The average molecular weight is 557 g/mol. The highest BCUT2D eigenvalue weighted by atomic mass is 79.9. The molecule has 4 aromatic carbocycles. The normalized spacial score (nSPS) is 11.4. The van der Waals surface area contributed by atoms with Gasteiger partial charge < -0.3 is 4.74 Å². The molecule has 1 heterocycles. The summed E-state index contributed by atoms with van der Waals surface area (Å²) in [4.78, 5) is 29.1. The molecule has 0 aliphatic heterocycles. The molecule has 0 aliphatic carbocycles. The Balaban J connectivity index is 1.56. The molecule has 37 heavy (non-hydrogen) atoms. The molecule has 0 aliphatic rings. The largest absolute Gasteiger partial charge is 0.481 e. The second-order valence-electron chi connectivity index (χ2n) is 8.28. The molecule has 0 spiro atoms. The van der Waals surface area contributed by atoms with E-state index < -0.39 is 4.92 Å². The number of fused-ring (bicyclic) bond motifs is 2. The molecule has 0 N–H and O–H groups in total. The van der Waals surface area contributed by atoms with Crippen molar-refractivity contribution >= 4 is 49.5 Å². The van der Waals surface area contributed by atoms with E-state index in [2.05, 4.69) is 26.0 Å². The number of benzene rings is 4. The fraction of sp³-hybridized carbons (Fsp3) is 0.107. The van der Waals surface area contributed by atoms with E-state index in [1.165, 1.54) is 17.0 Å². The lowest BCUT2D eigenvalue weighted by atomic mass is 10.1. The van der Waals surface area contributed by atoms with Crippen LogP contribution in [-0.4, -0.2) is 20.8 Å². The number of nitrogens with zero attached hydrogens (tertiary/aromatic N) is 4. The summed E-state index contributed by atoms with van der Waals surface area (Å²) >= 11 is 3.39. The van der Waals surface area contributed by atoms with Crippen molar-refractivity contribution in [1.29, 1.82) is 0 Å². The van der Waals surface area contributed by atoms with Gasteiger partial charge in [0.15, 0.2) is 0 Å². The Bertz CT molecular complexity index is 1740. The van der Waals surface area contributed by atoms with E-state index in [0.29, 0.717) is 28.7 Å². The summed E-state index contributed by atoms with van der Waals surface area (Å²) in [6.07, 6.45) is 1.87. The molecule has 0 unspecified atom stereocenters. The van der Waals surface area contributed by atoms with Crippen molar-refractivity contribution in [3.63, 3.8) is 0 Å². The van der Waals surface area contributed by atoms with Crippen LogP contribution in [0.1, 0.15) is 23.9 Å². The van der Waals surface area contributed by atoms with Crippen LogP contribution in [0, 0.1) is 10.1 Å². The molecule has 0 atom stereocenters. The highest BCUT2D eigenvalue weighted by Crippen LogP contribution is 2.31. The summed E-state index contributed by atoms with van der Waals surface area (Å²) in [5.41, 5.74) is 1.33. The predicted molar refractivity (Wildman–Crippen MR) is 147 cm³/mol. The smallest absolute Gasteiger partial charge is 0.311 e. The number of nitro benzene ring substituents is 1. The molecule has 5 rings (SSSR count). The standard InChI is InChI=1S/C28H21BrN4O4/c1-2-26-31-24-14-13-21(29)15-23(24)28(34)32(26)30-16-19-9-6-12-25(33(35)36)27(19)37-17-20-10-5-8-18-7-3-4-11-22(18)20/h3-16H,2,17H2,1H3. The van der Waals surface area contributed by atoms with Crippen LogP contribution in [0.5, 0.6) is 5.75 Å². The highest BCUT2D eigenvalue weighted by Gasteiger charge is 2.19. The zero-order valence-corrected chi connectivity index (χ0v) is 21.4. The lowest BCUT2D eigenvalue weighted by molar-refractivity contribution is -0.385. The molecular formula is C28H21BrN4O4. The molecule has 8 nitrogen and oxygen atoms in total. The zero-order valence-electron chi connectivity index (χ0n) is 19.8. The molecule has 1 aromatic heterocycles. The summed E-state index contributed by atoms with van der Waals surface area (Å²) in [7, 11) is 0. The van der Waals surface area contributed by atoms with Crippen LogP contribution in [0.2, 0.25) is 0 Å². The van der Waals surface area contributed by atoms with Gasteiger partial charge in [-0.25, -0.2) is 4.98 Å². The highest BCUT2D eigenvalue weighted by molar-refractivity contribution is 9.10. The summed E-state index contributed by atoms with van der Waals surface area (Å²) in [6.45, 7) is 2.00. The number of ether oxygens (including phenoxy) is 1. The van der Waals surface area contributed by atoms with Gasteiger partial charge >= 0.3 is 5.69 Å². The molecule has 0 radical (unpaired) electrons. The third kappa shape index (κ3) is 4.85. The molecule has 9 heteroatoms. The predicted octanol–water partition coefficient (Wildman–Crippen LogP) is 6.24. The lowest BCUT2D eigenvalue weighted by Gasteiger charge is -2.12. The molecule has 0 amide bonds. The molecular weight excluding hydrogens is 536 g/mol. The number of nitro groups is 1. The first-order valence-electron chi connectivity index (χ1n) is 11.6. The van der Waals surface area contributed by atoms with Crippen LogP contribution in [0.4, 0.5) is 5.69 Å². The summed E-state index contributed by atoms with van der Waals surface area (Å²) in [5, 5.41) is 18.7. The first-order chi connectivity index (χ1) is 18.0. The van der Waals surface area contributed by atoms with Crippen molar-refractivity contribution in [3.05, 3.63) is 121 Å². The topological polar surface area (TPSA) is 99.6 Å². The van der Waals surface area contributed by atoms with Crippen molar-refractivity contribution in [3.8, 4) is 5.75 Å². The van der Waals surface area contributed by atoms with Crippen molar-refractivity contribution in [1.82, 2.24) is 9.66 Å². The molecule has 5 aromatic rings. The fourth-order valence-electron chi connectivity index (χ4n) is 4.18. The first kappa shape index (κ1) is 24.3. The number of halogens is 1. The third-order valence-corrected chi connectivity index (χ3v) is 6.47. The van der Waals surface area contributed by atoms with Gasteiger partial charge in [-0.3, -0.25) is 14.9 Å². The Labute approximate surface area is 220 Å². The number of hydrogen-bond donors (Lipinski definition) is 0. The molecule has 0 saturated carbocycles. The van der Waals surface area contributed by atoms with E-state index >= 15 is 0 Å². The quantitative estimate of drug-likeness (QED) is 0.134. The van der Waals surface area contributed by atoms with Gasteiger partial charge in [0.2, 0.25) is 5.75 Å². The Kier molecular flexibility index (Phi) is 6.78. The zero-order chi connectivity index (χ0) is 25.9. The number of para-hydroxylation sites is 1. The maximum absolute atomic E-state index is 13.2. The molecule has 0 bridgehead atoms. The van der Waals surface area contributed by atoms with E-state index in [9.17, 15) is 14.9 Å². The Morgan fingerprint density at radius 1 is 1.05 bits per heavy atom. The summed E-state index contributed by atoms with van der Waals surface area (Å²) < 4.78 is 8.02. The van der Waals surface area contributed by atoms with Gasteiger partial charge in [-0.2, -0.15) is 9.78 Å². The van der Waals surface area contributed by atoms with Crippen molar-refractivity contribution in [2.45, 2.75) is 20.0 Å². The summed E-state index contributed by atoms with van der Waals surface area (Å²) in [6, 6.07) is 23.6. The SMILES string of the molecule is CCc1nc2ccc(Br)cc2c(=O)n1N=Cc1cccc([N+](=O)[O-])c1OCc1cccc2ccccc12. The van der Waals surface area contributed by atoms with Crippen LogP contribution in [0.15, 0.2) is 93.2 Å². The van der Waals surface area contributed by atoms with Gasteiger partial charge in [-0.1, -0.05) is 71.4 Å². The second kappa shape index (κ2) is 10.3. The van der Waals surface area contributed by atoms with E-state index in [4.69, 9.17) is 4.74 Å². The maximum Gasteiger partial charge on any atom is 0.311 e. The third-order valence-electron chi connectivity index (χ3n) is 5.98. The van der Waals surface area contributed by atoms with E-state index in [1.54, 1.807) is 24.3 Å². The molecule has 0 saturated heterocycles. The molecule has 0 fully saturated rings. The number of aromatic nitrogens is 2. The van der Waals surface area contributed by atoms with Crippen molar-refractivity contribution < 1.29 is 9.66 Å². The first-order valence-corrected chi connectivity index (χ1v) is 12.4. The van der Waals surface area contributed by atoms with Gasteiger partial charge in [-0.15, -0.1) is 0 Å². The minimum atomic E-state index is -0.492. The van der Waals surface area contributed by atoms with Crippen LogP contribution >= 0.6 is 15.9 Å². The maximum atomic E-state index is 13.2. The van der Waals surface area contributed by atoms with E-state index in [-0.39, 0.29) is 23.6 Å². The van der Waals surface area contributed by atoms with Crippen LogP contribution in [0.3, 0.4) is 0 Å². The number of hydrogen-bond acceptors (Lipinski definition) is 6. The van der Waals surface area contributed by atoms with Crippen LogP contribution < -0.4 is 10.3 Å². The van der Waals surface area contributed by atoms with Crippen LogP contribution in [0.25, 0.3) is 21.7 Å². The Morgan fingerprint density at radius 3 is 2.65 bits per heavy atom. The van der Waals surface area contributed by atoms with Crippen molar-refractivity contribution in [2.24, 2.45) is 5.10 Å². The monoisotopic (exact) mass is 556 g/mol. The van der Waals surface area contributed by atoms with Gasteiger partial charge in [0.25, 0.3) is 5.56 Å². The fourth-order valence-corrected chi connectivity index (χ4v) is 4.54. The second-order valence-corrected chi connectivity index (χ2v) is 9.20. The number of aryl methyl sites for hydroxylation is 1. The van der Waals surface area contributed by atoms with Gasteiger partial charge in [0.1, 0.15) is 12.4 Å². The minimum absolute atomic E-state index is 0.0757. The van der Waals surface area contributed by atoms with E-state index in [1.807, 2.05) is 55.5 Å². The van der Waals surface area contributed by atoms with Gasteiger partial charge in [-0.05, 0) is 40.6 Å². The number of rotatable bonds is 7. The Hall–Kier alpha value is -4.37. The average Bonchev–Trinajstić information content (AvgIpc) is 2.91. The van der Waals surface area contributed by atoms with Gasteiger partial charge in [0, 0.05) is 22.5 Å². The molecule has 184 valence electrons. The van der Waals surface area contributed by atoms with Crippen molar-refractivity contribution in [2.75, 3.05) is 0 Å².